The van der Waals surface area contributed by atoms with Crippen LogP contribution < -0.4 is 0 Å². The number of pyridine rings is 2. The lowest BCUT2D eigenvalue weighted by Gasteiger charge is -2.09. The predicted octanol–water partition coefficient (Wildman–Crippen LogP) is 3.66. The molecule has 1 aromatic carbocycles. The highest BCUT2D eigenvalue weighted by Crippen LogP contribution is 2.25. The van der Waals surface area contributed by atoms with Gasteiger partial charge in [0.1, 0.15) is 0 Å². The Morgan fingerprint density at radius 3 is 2.62 bits per heavy atom. The van der Waals surface area contributed by atoms with Gasteiger partial charge in [0.2, 0.25) is 0 Å². The first-order valence-electron chi connectivity index (χ1n) is 7.18. The van der Waals surface area contributed by atoms with Crippen LogP contribution in [0.1, 0.15) is 23.6 Å². The molecule has 3 aromatic rings. The highest BCUT2D eigenvalue weighted by Gasteiger charge is 2.09. The van der Waals surface area contributed by atoms with Gasteiger partial charge >= 0.3 is 0 Å². The number of hydrogen-bond acceptors (Lipinski definition) is 3. The van der Waals surface area contributed by atoms with E-state index in [9.17, 15) is 5.11 Å². The van der Waals surface area contributed by atoms with E-state index in [-0.39, 0.29) is 6.61 Å². The number of aliphatic hydroxyl groups excluding tert-OH is 1. The van der Waals surface area contributed by atoms with Crippen LogP contribution in [0, 0.1) is 6.92 Å². The molecule has 0 aliphatic carbocycles. The summed E-state index contributed by atoms with van der Waals surface area (Å²) < 4.78 is 0. The number of hydrogen-bond donors (Lipinski definition) is 1. The van der Waals surface area contributed by atoms with Crippen molar-refractivity contribution in [2.24, 2.45) is 0 Å². The number of aliphatic hydroxyl groups is 1. The lowest BCUT2D eigenvalue weighted by molar-refractivity contribution is 0.283. The average Bonchev–Trinajstić information content (AvgIpc) is 2.54. The van der Waals surface area contributed by atoms with Gasteiger partial charge in [0.25, 0.3) is 0 Å². The van der Waals surface area contributed by atoms with Gasteiger partial charge in [0, 0.05) is 17.1 Å². The second kappa shape index (κ2) is 5.62. The first-order valence-corrected chi connectivity index (χ1v) is 7.18. The zero-order chi connectivity index (χ0) is 14.8. The topological polar surface area (TPSA) is 46.0 Å². The van der Waals surface area contributed by atoms with Crippen LogP contribution in [0.15, 0.2) is 42.6 Å². The Morgan fingerprint density at radius 2 is 1.95 bits per heavy atom. The largest absolute Gasteiger partial charge is 0.392 e. The van der Waals surface area contributed by atoms with E-state index in [0.717, 1.165) is 39.8 Å². The summed E-state index contributed by atoms with van der Waals surface area (Å²) in [6.45, 7) is 4.17. The number of nitrogens with zero attached hydrogens (tertiary/aromatic N) is 2. The van der Waals surface area contributed by atoms with Crippen molar-refractivity contribution in [1.82, 2.24) is 9.97 Å². The molecule has 0 fully saturated rings. The summed E-state index contributed by atoms with van der Waals surface area (Å²) >= 11 is 0. The molecule has 0 aliphatic heterocycles. The highest BCUT2D eigenvalue weighted by atomic mass is 16.3. The highest BCUT2D eigenvalue weighted by molar-refractivity contribution is 5.87. The van der Waals surface area contributed by atoms with E-state index in [1.54, 1.807) is 0 Å². The number of para-hydroxylation sites is 1. The Labute approximate surface area is 124 Å². The number of aryl methyl sites for hydroxylation is 2. The fraction of sp³-hybridized carbons (Fsp3) is 0.222. The molecule has 0 aliphatic rings. The summed E-state index contributed by atoms with van der Waals surface area (Å²) in [4.78, 5) is 9.21. The second-order valence-corrected chi connectivity index (χ2v) is 5.20. The summed E-state index contributed by atoms with van der Waals surface area (Å²) in [5, 5.41) is 10.6. The first kappa shape index (κ1) is 13.7. The van der Waals surface area contributed by atoms with Gasteiger partial charge in [0.05, 0.1) is 23.5 Å². The van der Waals surface area contributed by atoms with Gasteiger partial charge in [0.15, 0.2) is 0 Å². The minimum atomic E-state index is -0.00453. The second-order valence-electron chi connectivity index (χ2n) is 5.20. The summed E-state index contributed by atoms with van der Waals surface area (Å²) in [5.74, 6) is 0. The Morgan fingerprint density at radius 1 is 1.10 bits per heavy atom. The van der Waals surface area contributed by atoms with E-state index in [4.69, 9.17) is 4.98 Å². The van der Waals surface area contributed by atoms with Crippen LogP contribution in [-0.4, -0.2) is 15.1 Å². The van der Waals surface area contributed by atoms with Gasteiger partial charge in [-0.2, -0.15) is 0 Å². The Hall–Kier alpha value is -2.26. The van der Waals surface area contributed by atoms with Crippen LogP contribution in [0.25, 0.3) is 22.3 Å². The normalized spacial score (nSPS) is 11.0. The standard InChI is InChI=1S/C18H18N2O/c1-3-13-7-8-16(19-10-13)17-9-12(2)15-6-4-5-14(11-21)18(15)20-17/h4-10,21H,3,11H2,1-2H3. The Bertz CT molecular complexity index is 779. The molecule has 0 unspecified atom stereocenters. The minimum Gasteiger partial charge on any atom is -0.392 e. The molecule has 21 heavy (non-hydrogen) atoms. The number of fused-ring (bicyclic) bond motifs is 1. The van der Waals surface area contributed by atoms with E-state index in [1.807, 2.05) is 30.5 Å². The van der Waals surface area contributed by atoms with Crippen molar-refractivity contribution in [1.29, 1.82) is 0 Å². The molecule has 0 radical (unpaired) electrons. The van der Waals surface area contributed by atoms with Gasteiger partial charge in [-0.05, 0) is 36.6 Å². The minimum absolute atomic E-state index is 0.00453. The number of rotatable bonds is 3. The molecule has 0 saturated heterocycles. The quantitative estimate of drug-likeness (QED) is 0.795. The number of benzene rings is 1. The van der Waals surface area contributed by atoms with E-state index in [2.05, 4.69) is 31.0 Å². The van der Waals surface area contributed by atoms with Crippen molar-refractivity contribution in [3.8, 4) is 11.4 Å². The molecule has 2 heterocycles. The molecule has 0 spiro atoms. The lowest BCUT2D eigenvalue weighted by atomic mass is 10.0. The van der Waals surface area contributed by atoms with E-state index in [0.29, 0.717) is 0 Å². The first-order chi connectivity index (χ1) is 10.2. The third kappa shape index (κ3) is 2.52. The van der Waals surface area contributed by atoms with Crippen LogP contribution in [-0.2, 0) is 13.0 Å². The maximum absolute atomic E-state index is 9.50. The average molecular weight is 278 g/mol. The maximum Gasteiger partial charge on any atom is 0.0896 e. The molecule has 3 nitrogen and oxygen atoms in total. The summed E-state index contributed by atoms with van der Waals surface area (Å²) in [6, 6.07) is 12.0. The van der Waals surface area contributed by atoms with Crippen molar-refractivity contribution < 1.29 is 5.11 Å². The molecule has 0 atom stereocenters. The fourth-order valence-corrected chi connectivity index (χ4v) is 2.52. The van der Waals surface area contributed by atoms with Crippen molar-refractivity contribution in [3.63, 3.8) is 0 Å². The molecule has 0 amide bonds. The maximum atomic E-state index is 9.50. The molecule has 2 aromatic heterocycles. The molecule has 3 heteroatoms. The summed E-state index contributed by atoms with van der Waals surface area (Å²) in [7, 11) is 0. The molecule has 0 bridgehead atoms. The third-order valence-electron chi connectivity index (χ3n) is 3.80. The fourth-order valence-electron chi connectivity index (χ4n) is 2.52. The van der Waals surface area contributed by atoms with E-state index < -0.39 is 0 Å². The Kier molecular flexibility index (Phi) is 3.67. The summed E-state index contributed by atoms with van der Waals surface area (Å²) in [5.41, 5.74) is 5.78. The molecule has 3 rings (SSSR count). The smallest absolute Gasteiger partial charge is 0.0896 e. The van der Waals surface area contributed by atoms with Crippen LogP contribution in [0.5, 0.6) is 0 Å². The van der Waals surface area contributed by atoms with Crippen LogP contribution in [0.3, 0.4) is 0 Å². The molecular weight excluding hydrogens is 260 g/mol. The molecular formula is C18H18N2O. The van der Waals surface area contributed by atoms with Gasteiger partial charge in [-0.15, -0.1) is 0 Å². The zero-order valence-corrected chi connectivity index (χ0v) is 12.3. The van der Waals surface area contributed by atoms with Gasteiger partial charge in [-0.1, -0.05) is 31.2 Å². The predicted molar refractivity (Wildman–Crippen MR) is 85.0 cm³/mol. The molecule has 0 saturated carbocycles. The monoisotopic (exact) mass is 278 g/mol. The van der Waals surface area contributed by atoms with Crippen molar-refractivity contribution >= 4 is 10.9 Å². The Balaban J connectivity index is 2.18. The van der Waals surface area contributed by atoms with Gasteiger partial charge < -0.3 is 5.11 Å². The molecule has 1 N–H and O–H groups in total. The van der Waals surface area contributed by atoms with Crippen LogP contribution in [0.4, 0.5) is 0 Å². The van der Waals surface area contributed by atoms with Gasteiger partial charge in [-0.25, -0.2) is 4.98 Å². The van der Waals surface area contributed by atoms with Crippen LogP contribution >= 0.6 is 0 Å². The van der Waals surface area contributed by atoms with Crippen molar-refractivity contribution in [3.05, 3.63) is 59.3 Å². The van der Waals surface area contributed by atoms with Gasteiger partial charge in [-0.3, -0.25) is 4.98 Å². The third-order valence-corrected chi connectivity index (χ3v) is 3.80. The zero-order valence-electron chi connectivity index (χ0n) is 12.3. The van der Waals surface area contributed by atoms with Crippen LogP contribution in [0.2, 0.25) is 0 Å². The van der Waals surface area contributed by atoms with Crippen molar-refractivity contribution in [2.45, 2.75) is 26.9 Å². The van der Waals surface area contributed by atoms with E-state index in [1.165, 1.54) is 5.56 Å². The van der Waals surface area contributed by atoms with Crippen molar-refractivity contribution in [2.75, 3.05) is 0 Å². The molecule has 106 valence electrons. The lowest BCUT2D eigenvalue weighted by Crippen LogP contribution is -1.95. The number of aromatic nitrogens is 2. The summed E-state index contributed by atoms with van der Waals surface area (Å²) in [6.07, 6.45) is 2.88. The van der Waals surface area contributed by atoms with E-state index >= 15 is 0 Å². The SMILES string of the molecule is CCc1ccc(-c2cc(C)c3cccc(CO)c3n2)nc1.